The number of ether oxygens (including phenoxy) is 1. The van der Waals surface area contributed by atoms with E-state index in [1.54, 1.807) is 6.07 Å². The van der Waals surface area contributed by atoms with Crippen molar-refractivity contribution in [1.82, 2.24) is 9.97 Å². The van der Waals surface area contributed by atoms with Crippen LogP contribution in [0.5, 0.6) is 5.75 Å². The van der Waals surface area contributed by atoms with Gasteiger partial charge in [0.05, 0.1) is 5.56 Å². The quantitative estimate of drug-likeness (QED) is 0.874. The summed E-state index contributed by atoms with van der Waals surface area (Å²) in [7, 11) is 0. The molecule has 0 atom stereocenters. The van der Waals surface area contributed by atoms with Crippen LogP contribution in [0.4, 0.5) is 20.5 Å². The second-order valence-corrected chi connectivity index (χ2v) is 4.65. The summed E-state index contributed by atoms with van der Waals surface area (Å²) in [5, 5.41) is 9.16. The van der Waals surface area contributed by atoms with Crippen LogP contribution in [0.2, 0.25) is 0 Å². The lowest BCUT2D eigenvalue weighted by molar-refractivity contribution is -0.0494. The molecule has 1 heterocycles. The lowest BCUT2D eigenvalue weighted by atomic mass is 10.1. The van der Waals surface area contributed by atoms with Gasteiger partial charge in [0.2, 0.25) is 5.95 Å². The van der Waals surface area contributed by atoms with Crippen LogP contribution in [-0.4, -0.2) is 16.6 Å². The van der Waals surface area contributed by atoms with E-state index in [1.165, 1.54) is 12.1 Å². The first kappa shape index (κ1) is 14.9. The second-order valence-electron chi connectivity index (χ2n) is 3.79. The van der Waals surface area contributed by atoms with Crippen molar-refractivity contribution in [1.29, 1.82) is 5.26 Å². The van der Waals surface area contributed by atoms with Crippen LogP contribution in [0.15, 0.2) is 22.7 Å². The lowest BCUT2D eigenvalue weighted by Gasteiger charge is -2.13. The van der Waals surface area contributed by atoms with Crippen molar-refractivity contribution >= 4 is 27.7 Å². The highest BCUT2D eigenvalue weighted by Gasteiger charge is 2.21. The summed E-state index contributed by atoms with van der Waals surface area (Å²) in [6.07, 6.45) is 0. The number of nitrogens with two attached hydrogens (primary N) is 2. The third-order valence-electron chi connectivity index (χ3n) is 2.49. The van der Waals surface area contributed by atoms with Gasteiger partial charge in [0.1, 0.15) is 28.9 Å². The summed E-state index contributed by atoms with van der Waals surface area (Å²) in [5.41, 5.74) is 11.2. The molecule has 0 aliphatic rings. The highest BCUT2D eigenvalue weighted by atomic mass is 79.9. The first-order valence-corrected chi connectivity index (χ1v) is 6.30. The van der Waals surface area contributed by atoms with Gasteiger partial charge in [0, 0.05) is 4.47 Å². The number of anilines is 2. The number of hydrogen-bond donors (Lipinski definition) is 2. The average molecular weight is 356 g/mol. The van der Waals surface area contributed by atoms with Gasteiger partial charge in [-0.25, -0.2) is 4.98 Å². The highest BCUT2D eigenvalue weighted by molar-refractivity contribution is 9.10. The molecule has 1 aromatic carbocycles. The van der Waals surface area contributed by atoms with Crippen molar-refractivity contribution in [2.45, 2.75) is 6.61 Å². The Bertz CT molecular complexity index is 732. The number of nitriles is 1. The predicted octanol–water partition coefficient (Wildman–Crippen LogP) is 2.54. The molecular formula is C12H8BrF2N5O. The Kier molecular flexibility index (Phi) is 4.18. The van der Waals surface area contributed by atoms with Gasteiger partial charge in [-0.2, -0.15) is 19.0 Å². The summed E-state index contributed by atoms with van der Waals surface area (Å²) in [6.45, 7) is -3.03. The second kappa shape index (κ2) is 5.88. The Hall–Kier alpha value is -2.47. The Morgan fingerprint density at radius 2 is 2.00 bits per heavy atom. The molecule has 6 nitrogen and oxygen atoms in total. The van der Waals surface area contributed by atoms with Crippen LogP contribution in [0.1, 0.15) is 5.56 Å². The van der Waals surface area contributed by atoms with E-state index in [4.69, 9.17) is 16.7 Å². The number of halogens is 3. The summed E-state index contributed by atoms with van der Waals surface area (Å²) in [5.74, 6) is -0.479. The standard InChI is InChI=1S/C12H8BrF2N5O/c13-6-2-1-3-7(21-11(14)15)8(6)9-5(4-16)10(17)20-12(18)19-9/h1-3,11H,(H4,17,18,19,20). The number of benzene rings is 1. The number of rotatable bonds is 3. The van der Waals surface area contributed by atoms with Gasteiger partial charge in [-0.1, -0.05) is 6.07 Å². The predicted molar refractivity (Wildman–Crippen MR) is 75.3 cm³/mol. The number of aromatic nitrogens is 2. The van der Waals surface area contributed by atoms with E-state index >= 15 is 0 Å². The molecule has 0 aliphatic heterocycles. The minimum atomic E-state index is -3.03. The third kappa shape index (κ3) is 3.00. The Labute approximate surface area is 126 Å². The fourth-order valence-electron chi connectivity index (χ4n) is 1.72. The fraction of sp³-hybridized carbons (Fsp3) is 0.0833. The van der Waals surface area contributed by atoms with Crippen molar-refractivity contribution in [2.24, 2.45) is 0 Å². The monoisotopic (exact) mass is 355 g/mol. The SMILES string of the molecule is N#Cc1c(N)nc(N)nc1-c1c(Br)cccc1OC(F)F. The normalized spacial score (nSPS) is 10.4. The summed E-state index contributed by atoms with van der Waals surface area (Å²) >= 11 is 3.21. The molecule has 1 aromatic heterocycles. The Morgan fingerprint density at radius 1 is 1.29 bits per heavy atom. The number of hydrogen-bond acceptors (Lipinski definition) is 6. The van der Waals surface area contributed by atoms with Crippen molar-refractivity contribution in [3.63, 3.8) is 0 Å². The van der Waals surface area contributed by atoms with E-state index in [-0.39, 0.29) is 34.3 Å². The molecule has 2 aromatic rings. The molecule has 0 unspecified atom stereocenters. The summed E-state index contributed by atoms with van der Waals surface area (Å²) in [4.78, 5) is 7.58. The molecule has 4 N–H and O–H groups in total. The van der Waals surface area contributed by atoms with Gasteiger partial charge in [-0.05, 0) is 28.1 Å². The molecule has 2 rings (SSSR count). The maximum absolute atomic E-state index is 12.5. The van der Waals surface area contributed by atoms with Crippen molar-refractivity contribution in [3.05, 3.63) is 28.2 Å². The van der Waals surface area contributed by atoms with Crippen molar-refractivity contribution in [2.75, 3.05) is 11.5 Å². The van der Waals surface area contributed by atoms with E-state index in [2.05, 4.69) is 30.6 Å². The van der Waals surface area contributed by atoms with E-state index in [9.17, 15) is 8.78 Å². The number of alkyl halides is 2. The molecule has 21 heavy (non-hydrogen) atoms. The summed E-state index contributed by atoms with van der Waals surface area (Å²) in [6, 6.07) is 6.24. The fourth-order valence-corrected chi connectivity index (χ4v) is 2.25. The molecule has 108 valence electrons. The van der Waals surface area contributed by atoms with E-state index < -0.39 is 6.61 Å². The van der Waals surface area contributed by atoms with E-state index in [0.717, 1.165) is 0 Å². The van der Waals surface area contributed by atoms with Crippen molar-refractivity contribution in [3.8, 4) is 23.1 Å². The molecular weight excluding hydrogens is 348 g/mol. The van der Waals surface area contributed by atoms with E-state index in [1.807, 2.05) is 6.07 Å². The molecule has 0 spiro atoms. The van der Waals surface area contributed by atoms with Gasteiger partial charge in [0.15, 0.2) is 0 Å². The molecule has 0 fully saturated rings. The zero-order valence-electron chi connectivity index (χ0n) is 10.3. The molecule has 0 bridgehead atoms. The van der Waals surface area contributed by atoms with Crippen LogP contribution in [0.3, 0.4) is 0 Å². The lowest BCUT2D eigenvalue weighted by Crippen LogP contribution is -2.08. The van der Waals surface area contributed by atoms with Gasteiger partial charge in [0.25, 0.3) is 0 Å². The van der Waals surface area contributed by atoms with Crippen LogP contribution in [0.25, 0.3) is 11.3 Å². The molecule has 9 heteroatoms. The number of nitrogen functional groups attached to an aromatic ring is 2. The Balaban J connectivity index is 2.76. The first-order valence-electron chi connectivity index (χ1n) is 5.50. The topological polar surface area (TPSA) is 111 Å². The van der Waals surface area contributed by atoms with Gasteiger partial charge in [-0.3, -0.25) is 0 Å². The highest BCUT2D eigenvalue weighted by Crippen LogP contribution is 2.39. The smallest absolute Gasteiger partial charge is 0.387 e. The number of nitrogens with zero attached hydrogens (tertiary/aromatic N) is 3. The molecule has 0 saturated carbocycles. The van der Waals surface area contributed by atoms with E-state index in [0.29, 0.717) is 4.47 Å². The van der Waals surface area contributed by atoms with Crippen LogP contribution < -0.4 is 16.2 Å². The largest absolute Gasteiger partial charge is 0.434 e. The minimum Gasteiger partial charge on any atom is -0.434 e. The zero-order valence-corrected chi connectivity index (χ0v) is 11.9. The van der Waals surface area contributed by atoms with Crippen molar-refractivity contribution < 1.29 is 13.5 Å². The minimum absolute atomic E-state index is 0.0191. The molecule has 0 radical (unpaired) electrons. The van der Waals surface area contributed by atoms with Crippen LogP contribution in [0, 0.1) is 11.3 Å². The third-order valence-corrected chi connectivity index (χ3v) is 3.16. The average Bonchev–Trinajstić information content (AvgIpc) is 2.37. The zero-order chi connectivity index (χ0) is 15.6. The molecule has 0 saturated heterocycles. The molecule has 0 aliphatic carbocycles. The maximum atomic E-state index is 12.5. The van der Waals surface area contributed by atoms with Gasteiger partial charge < -0.3 is 16.2 Å². The first-order chi connectivity index (χ1) is 9.93. The summed E-state index contributed by atoms with van der Waals surface area (Å²) < 4.78 is 29.9. The Morgan fingerprint density at radius 3 is 2.62 bits per heavy atom. The van der Waals surface area contributed by atoms with Gasteiger partial charge in [-0.15, -0.1) is 0 Å². The molecule has 0 amide bonds. The maximum Gasteiger partial charge on any atom is 0.387 e. The van der Waals surface area contributed by atoms with Crippen LogP contribution in [-0.2, 0) is 0 Å². The van der Waals surface area contributed by atoms with Crippen LogP contribution >= 0.6 is 15.9 Å². The van der Waals surface area contributed by atoms with Gasteiger partial charge >= 0.3 is 6.61 Å².